The second-order valence-electron chi connectivity index (χ2n) is 7.34. The van der Waals surface area contributed by atoms with Crippen LogP contribution in [-0.2, 0) is 13.6 Å². The van der Waals surface area contributed by atoms with E-state index in [1.807, 2.05) is 24.0 Å². The van der Waals surface area contributed by atoms with E-state index < -0.39 is 0 Å². The van der Waals surface area contributed by atoms with E-state index in [1.54, 1.807) is 31.4 Å². The number of aromatic nitrogens is 3. The number of nitrogens with one attached hydrogen (secondary N) is 1. The lowest BCUT2D eigenvalue weighted by Crippen LogP contribution is -2.39. The molecule has 0 aliphatic carbocycles. The zero-order valence-corrected chi connectivity index (χ0v) is 19.9. The Labute approximate surface area is 198 Å². The van der Waals surface area contributed by atoms with Crippen LogP contribution in [0.2, 0.25) is 0 Å². The van der Waals surface area contributed by atoms with Crippen LogP contribution in [0.4, 0.5) is 4.39 Å². The summed E-state index contributed by atoms with van der Waals surface area (Å²) >= 11 is 0. The minimum absolute atomic E-state index is 0. The van der Waals surface area contributed by atoms with Gasteiger partial charge < -0.3 is 15.0 Å². The topological polar surface area (TPSA) is 67.6 Å². The molecule has 31 heavy (non-hydrogen) atoms. The maximum Gasteiger partial charge on any atom is 0.219 e. The standard InChI is InChI=1S/C22H25FN6O.HI/c1-24-22(29-10-9-17(15-29)18-13-27-28(2)14-18)26-12-16-3-8-21(25-11-16)30-20-6-4-19(23)5-7-20;/h3-8,11,13-14,17H,9-10,12,15H2,1-2H3,(H,24,26);1H. The summed E-state index contributed by atoms with van der Waals surface area (Å²) in [5.41, 5.74) is 2.29. The lowest BCUT2D eigenvalue weighted by atomic mass is 10.0. The normalized spacial score (nSPS) is 16.2. The van der Waals surface area contributed by atoms with Gasteiger partial charge in [0, 0.05) is 58.1 Å². The smallest absolute Gasteiger partial charge is 0.219 e. The van der Waals surface area contributed by atoms with Crippen molar-refractivity contribution in [2.45, 2.75) is 18.9 Å². The van der Waals surface area contributed by atoms with Gasteiger partial charge in [-0.15, -0.1) is 24.0 Å². The average Bonchev–Trinajstić information content (AvgIpc) is 3.41. The van der Waals surface area contributed by atoms with Gasteiger partial charge in [-0.25, -0.2) is 9.37 Å². The van der Waals surface area contributed by atoms with Crippen LogP contribution in [0, 0.1) is 5.82 Å². The van der Waals surface area contributed by atoms with E-state index in [0.717, 1.165) is 31.0 Å². The summed E-state index contributed by atoms with van der Waals surface area (Å²) in [7, 11) is 3.75. The first-order chi connectivity index (χ1) is 14.6. The van der Waals surface area contributed by atoms with E-state index in [-0.39, 0.29) is 29.8 Å². The van der Waals surface area contributed by atoms with Crippen LogP contribution in [0.25, 0.3) is 0 Å². The molecule has 1 aromatic carbocycles. The first kappa shape index (κ1) is 23.0. The third-order valence-electron chi connectivity index (χ3n) is 5.18. The molecule has 0 radical (unpaired) electrons. The minimum Gasteiger partial charge on any atom is -0.439 e. The molecule has 3 aromatic rings. The van der Waals surface area contributed by atoms with Crippen molar-refractivity contribution in [3.05, 3.63) is 71.9 Å². The van der Waals surface area contributed by atoms with Gasteiger partial charge in [0.2, 0.25) is 5.88 Å². The number of aliphatic imine (C=N–C) groups is 1. The summed E-state index contributed by atoms with van der Waals surface area (Å²) in [4.78, 5) is 11.0. The SMILES string of the molecule is CN=C(NCc1ccc(Oc2ccc(F)cc2)nc1)N1CCC(c2cnn(C)c2)C1.I. The van der Waals surface area contributed by atoms with Crippen LogP contribution in [0.15, 0.2) is 60.0 Å². The predicted octanol–water partition coefficient (Wildman–Crippen LogP) is 3.93. The lowest BCUT2D eigenvalue weighted by Gasteiger charge is -2.21. The Hall–Kier alpha value is -2.69. The van der Waals surface area contributed by atoms with Gasteiger partial charge in [0.05, 0.1) is 6.20 Å². The maximum atomic E-state index is 13.0. The highest BCUT2D eigenvalue weighted by Gasteiger charge is 2.26. The highest BCUT2D eigenvalue weighted by atomic mass is 127. The molecular formula is C22H26FIN6O. The lowest BCUT2D eigenvalue weighted by molar-refractivity contribution is 0.460. The van der Waals surface area contributed by atoms with Crippen molar-refractivity contribution >= 4 is 29.9 Å². The molecule has 1 unspecified atom stereocenters. The number of nitrogens with zero attached hydrogens (tertiary/aromatic N) is 5. The van der Waals surface area contributed by atoms with Crippen molar-refractivity contribution in [3.8, 4) is 11.6 Å². The van der Waals surface area contributed by atoms with Gasteiger partial charge in [-0.2, -0.15) is 5.10 Å². The zero-order chi connectivity index (χ0) is 20.9. The zero-order valence-electron chi connectivity index (χ0n) is 17.5. The molecule has 2 aromatic heterocycles. The van der Waals surface area contributed by atoms with Crippen LogP contribution >= 0.6 is 24.0 Å². The second kappa shape index (κ2) is 10.6. The summed E-state index contributed by atoms with van der Waals surface area (Å²) in [6.07, 6.45) is 6.89. The number of hydrogen-bond donors (Lipinski definition) is 1. The van der Waals surface area contributed by atoms with E-state index in [4.69, 9.17) is 4.74 Å². The second-order valence-corrected chi connectivity index (χ2v) is 7.34. The Bertz CT molecular complexity index is 1010. The van der Waals surface area contributed by atoms with E-state index >= 15 is 0 Å². The maximum absolute atomic E-state index is 13.0. The molecule has 0 bridgehead atoms. The number of guanidine groups is 1. The summed E-state index contributed by atoms with van der Waals surface area (Å²) < 4.78 is 20.5. The summed E-state index contributed by atoms with van der Waals surface area (Å²) in [6.45, 7) is 2.50. The van der Waals surface area contributed by atoms with Crippen LogP contribution in [0.3, 0.4) is 0 Å². The highest BCUT2D eigenvalue weighted by Crippen LogP contribution is 2.26. The number of likely N-dealkylation sites (tertiary alicyclic amines) is 1. The quantitative estimate of drug-likeness (QED) is 0.304. The van der Waals surface area contributed by atoms with Gasteiger partial charge in [0.1, 0.15) is 11.6 Å². The molecule has 1 saturated heterocycles. The summed E-state index contributed by atoms with van der Waals surface area (Å²) in [5, 5.41) is 7.70. The van der Waals surface area contributed by atoms with Gasteiger partial charge in [-0.1, -0.05) is 6.07 Å². The van der Waals surface area contributed by atoms with Gasteiger partial charge in [-0.05, 0) is 41.8 Å². The number of halogens is 2. The third kappa shape index (κ3) is 5.93. The Morgan fingerprint density at radius 2 is 2.03 bits per heavy atom. The van der Waals surface area contributed by atoms with E-state index in [1.165, 1.54) is 17.7 Å². The average molecular weight is 536 g/mol. The first-order valence-corrected chi connectivity index (χ1v) is 9.93. The number of rotatable bonds is 5. The molecule has 9 heteroatoms. The Balaban J connectivity index is 0.00000272. The van der Waals surface area contributed by atoms with E-state index in [0.29, 0.717) is 24.1 Å². The molecule has 164 valence electrons. The van der Waals surface area contributed by atoms with Crippen LogP contribution in [0.5, 0.6) is 11.6 Å². The number of aryl methyl sites for hydroxylation is 1. The monoisotopic (exact) mass is 536 g/mol. The van der Waals surface area contributed by atoms with Gasteiger partial charge in [0.25, 0.3) is 0 Å². The summed E-state index contributed by atoms with van der Waals surface area (Å²) in [5.74, 6) is 2.07. The van der Waals surface area contributed by atoms with Crippen molar-refractivity contribution in [3.63, 3.8) is 0 Å². The molecule has 1 N–H and O–H groups in total. The van der Waals surface area contributed by atoms with Gasteiger partial charge in [0.15, 0.2) is 5.96 Å². The van der Waals surface area contributed by atoms with E-state index in [9.17, 15) is 4.39 Å². The fraction of sp³-hybridized carbons (Fsp3) is 0.318. The van der Waals surface area contributed by atoms with Crippen molar-refractivity contribution < 1.29 is 9.13 Å². The minimum atomic E-state index is -0.296. The molecule has 0 amide bonds. The number of ether oxygens (including phenoxy) is 1. The van der Waals surface area contributed by atoms with Crippen molar-refractivity contribution in [1.82, 2.24) is 25.0 Å². The predicted molar refractivity (Wildman–Crippen MR) is 128 cm³/mol. The number of hydrogen-bond acceptors (Lipinski definition) is 4. The van der Waals surface area contributed by atoms with Crippen LogP contribution < -0.4 is 10.1 Å². The molecule has 1 aliphatic rings. The molecule has 0 saturated carbocycles. The fourth-order valence-electron chi connectivity index (χ4n) is 3.59. The third-order valence-corrected chi connectivity index (χ3v) is 5.18. The van der Waals surface area contributed by atoms with Crippen molar-refractivity contribution in [2.24, 2.45) is 12.0 Å². The first-order valence-electron chi connectivity index (χ1n) is 9.93. The van der Waals surface area contributed by atoms with Crippen molar-refractivity contribution in [1.29, 1.82) is 0 Å². The number of pyridine rings is 1. The molecule has 7 nitrogen and oxygen atoms in total. The Morgan fingerprint density at radius 3 is 2.68 bits per heavy atom. The molecule has 1 aliphatic heterocycles. The molecule has 4 rings (SSSR count). The Morgan fingerprint density at radius 1 is 1.23 bits per heavy atom. The van der Waals surface area contributed by atoms with Gasteiger partial charge in [-0.3, -0.25) is 9.67 Å². The van der Waals surface area contributed by atoms with Gasteiger partial charge >= 0.3 is 0 Å². The highest BCUT2D eigenvalue weighted by molar-refractivity contribution is 14.0. The molecule has 3 heterocycles. The van der Waals surface area contributed by atoms with Crippen LogP contribution in [-0.4, -0.2) is 45.8 Å². The summed E-state index contributed by atoms with van der Waals surface area (Å²) in [6, 6.07) is 9.62. The molecule has 1 fully saturated rings. The Kier molecular flexibility index (Phi) is 7.83. The molecular weight excluding hydrogens is 510 g/mol. The van der Waals surface area contributed by atoms with Crippen LogP contribution in [0.1, 0.15) is 23.5 Å². The molecule has 0 spiro atoms. The largest absolute Gasteiger partial charge is 0.439 e. The van der Waals surface area contributed by atoms with E-state index in [2.05, 4.69) is 31.5 Å². The number of benzene rings is 1. The fourth-order valence-corrected chi connectivity index (χ4v) is 3.59. The van der Waals surface area contributed by atoms with Crippen molar-refractivity contribution in [2.75, 3.05) is 20.1 Å². The molecule has 1 atom stereocenters.